The number of amides is 2. The number of hydrogen-bond acceptors (Lipinski definition) is 4. The summed E-state index contributed by atoms with van der Waals surface area (Å²) in [5.74, 6) is 0.248. The van der Waals surface area contributed by atoms with Crippen LogP contribution in [0, 0.1) is 5.92 Å². The predicted molar refractivity (Wildman–Crippen MR) is 77.0 cm³/mol. The number of nitrogens with zero attached hydrogens (tertiary/aromatic N) is 1. The molecule has 1 heterocycles. The lowest BCUT2D eigenvalue weighted by Gasteiger charge is -2.28. The van der Waals surface area contributed by atoms with Crippen LogP contribution in [0.2, 0.25) is 0 Å². The zero-order valence-electron chi connectivity index (χ0n) is 12.5. The molecule has 0 aliphatic carbocycles. The third kappa shape index (κ3) is 3.29. The molecule has 2 amide bonds. The summed E-state index contributed by atoms with van der Waals surface area (Å²) in [6, 6.07) is 5.04. The van der Waals surface area contributed by atoms with E-state index in [1.165, 1.54) is 18.9 Å². The number of ether oxygens (including phenoxy) is 1. The molecule has 0 atom stereocenters. The van der Waals surface area contributed by atoms with Crippen LogP contribution in [-0.2, 0) is 16.1 Å². The van der Waals surface area contributed by atoms with Gasteiger partial charge in [0.2, 0.25) is 11.8 Å². The van der Waals surface area contributed by atoms with Gasteiger partial charge >= 0.3 is 0 Å². The van der Waals surface area contributed by atoms with Crippen LogP contribution in [0.25, 0.3) is 0 Å². The Morgan fingerprint density at radius 2 is 1.90 bits per heavy atom. The lowest BCUT2D eigenvalue weighted by molar-refractivity contribution is -0.150. The number of rotatable bonds is 4. The Balaban J connectivity index is 2.29. The quantitative estimate of drug-likeness (QED) is 0.629. The Bertz CT molecular complexity index is 576. The number of benzene rings is 1. The fourth-order valence-electron chi connectivity index (χ4n) is 2.50. The average molecular weight is 289 g/mol. The third-order valence-electron chi connectivity index (χ3n) is 3.66. The molecule has 1 aliphatic rings. The second-order valence-electron chi connectivity index (χ2n) is 5.47. The van der Waals surface area contributed by atoms with Crippen molar-refractivity contribution in [2.45, 2.75) is 33.2 Å². The van der Waals surface area contributed by atoms with E-state index in [0.717, 1.165) is 0 Å². The van der Waals surface area contributed by atoms with Crippen LogP contribution in [0.4, 0.5) is 0 Å². The maximum atomic E-state index is 12.0. The number of methoxy groups -OCH3 is 1. The minimum absolute atomic E-state index is 0.0659. The Morgan fingerprint density at radius 1 is 1.29 bits per heavy atom. The molecule has 0 spiro atoms. The molecule has 1 aromatic carbocycles. The predicted octanol–water partition coefficient (Wildman–Crippen LogP) is 2.18. The van der Waals surface area contributed by atoms with Gasteiger partial charge in [-0.15, -0.1) is 0 Å². The van der Waals surface area contributed by atoms with Crippen molar-refractivity contribution < 1.29 is 19.1 Å². The van der Waals surface area contributed by atoms with Gasteiger partial charge in [0.25, 0.3) is 0 Å². The summed E-state index contributed by atoms with van der Waals surface area (Å²) in [4.78, 5) is 36.8. The van der Waals surface area contributed by atoms with E-state index in [0.29, 0.717) is 29.7 Å². The summed E-state index contributed by atoms with van der Waals surface area (Å²) < 4.78 is 5.25. The summed E-state index contributed by atoms with van der Waals surface area (Å²) in [5.41, 5.74) is 1.21. The molecule has 2 rings (SSSR count). The first-order valence-electron chi connectivity index (χ1n) is 6.93. The van der Waals surface area contributed by atoms with E-state index in [2.05, 4.69) is 0 Å². The molecule has 1 fully saturated rings. The van der Waals surface area contributed by atoms with Crippen molar-refractivity contribution in [1.29, 1.82) is 0 Å². The highest BCUT2D eigenvalue weighted by atomic mass is 16.5. The zero-order valence-corrected chi connectivity index (χ0v) is 12.5. The van der Waals surface area contributed by atoms with Crippen molar-refractivity contribution in [1.82, 2.24) is 4.90 Å². The number of piperidine rings is 1. The van der Waals surface area contributed by atoms with Crippen molar-refractivity contribution in [3.63, 3.8) is 0 Å². The molecule has 0 saturated carbocycles. The van der Waals surface area contributed by atoms with Gasteiger partial charge in [-0.25, -0.2) is 0 Å². The molecular formula is C16H19NO4. The highest BCUT2D eigenvalue weighted by Gasteiger charge is 2.30. The second-order valence-corrected chi connectivity index (χ2v) is 5.47. The first kappa shape index (κ1) is 15.2. The topological polar surface area (TPSA) is 63.7 Å². The molecule has 0 unspecified atom stereocenters. The van der Waals surface area contributed by atoms with E-state index in [1.54, 1.807) is 18.2 Å². The fourth-order valence-corrected chi connectivity index (χ4v) is 2.50. The minimum Gasteiger partial charge on any atom is -0.496 e. The molecule has 0 radical (unpaired) electrons. The summed E-state index contributed by atoms with van der Waals surface area (Å²) in [6.45, 7) is 3.52. The number of carbonyl (C=O) groups is 3. The Hall–Kier alpha value is -2.17. The first-order valence-corrected chi connectivity index (χ1v) is 6.93. The monoisotopic (exact) mass is 289 g/mol. The normalized spacial score (nSPS) is 16.2. The third-order valence-corrected chi connectivity index (χ3v) is 3.66. The molecule has 21 heavy (non-hydrogen) atoms. The highest BCUT2D eigenvalue weighted by Crippen LogP contribution is 2.26. The maximum absolute atomic E-state index is 12.0. The van der Waals surface area contributed by atoms with E-state index < -0.39 is 0 Å². The Labute approximate surface area is 123 Å². The van der Waals surface area contributed by atoms with Gasteiger partial charge < -0.3 is 4.74 Å². The van der Waals surface area contributed by atoms with Crippen molar-refractivity contribution in [2.24, 2.45) is 5.92 Å². The van der Waals surface area contributed by atoms with Gasteiger partial charge in [-0.1, -0.05) is 6.92 Å². The average Bonchev–Trinajstić information content (AvgIpc) is 2.42. The van der Waals surface area contributed by atoms with Crippen molar-refractivity contribution in [3.8, 4) is 5.75 Å². The zero-order chi connectivity index (χ0) is 15.6. The number of imide groups is 1. The summed E-state index contributed by atoms with van der Waals surface area (Å²) in [6.07, 6.45) is 0.751. The highest BCUT2D eigenvalue weighted by molar-refractivity contribution is 5.98. The second kappa shape index (κ2) is 6.08. The van der Waals surface area contributed by atoms with Crippen LogP contribution in [0.5, 0.6) is 5.75 Å². The molecular weight excluding hydrogens is 270 g/mol. The van der Waals surface area contributed by atoms with E-state index in [4.69, 9.17) is 4.74 Å². The van der Waals surface area contributed by atoms with E-state index >= 15 is 0 Å². The molecule has 1 aliphatic heterocycles. The summed E-state index contributed by atoms with van der Waals surface area (Å²) in [7, 11) is 1.52. The smallest absolute Gasteiger partial charge is 0.229 e. The largest absolute Gasteiger partial charge is 0.496 e. The van der Waals surface area contributed by atoms with Crippen LogP contribution >= 0.6 is 0 Å². The van der Waals surface area contributed by atoms with Crippen molar-refractivity contribution in [2.75, 3.05) is 7.11 Å². The van der Waals surface area contributed by atoms with Gasteiger partial charge in [-0.3, -0.25) is 19.3 Å². The van der Waals surface area contributed by atoms with Crippen LogP contribution in [0.15, 0.2) is 18.2 Å². The van der Waals surface area contributed by atoms with Crippen LogP contribution in [-0.4, -0.2) is 29.6 Å². The number of carbonyl (C=O) groups excluding carboxylic acids is 3. The number of hydrogen-bond donors (Lipinski definition) is 0. The number of ketones is 1. The van der Waals surface area contributed by atoms with Crippen LogP contribution in [0.3, 0.4) is 0 Å². The molecule has 1 aromatic rings. The number of Topliss-reactive ketones (excluding diaryl/α,β-unsaturated/α-hetero) is 1. The molecule has 5 nitrogen and oxygen atoms in total. The molecule has 0 N–H and O–H groups in total. The lowest BCUT2D eigenvalue weighted by Crippen LogP contribution is -2.42. The van der Waals surface area contributed by atoms with Crippen LogP contribution < -0.4 is 4.74 Å². The van der Waals surface area contributed by atoms with E-state index in [1.807, 2.05) is 6.92 Å². The van der Waals surface area contributed by atoms with Gasteiger partial charge in [0.15, 0.2) is 5.78 Å². The fraction of sp³-hybridized carbons (Fsp3) is 0.438. The minimum atomic E-state index is -0.172. The van der Waals surface area contributed by atoms with E-state index in [-0.39, 0.29) is 30.1 Å². The van der Waals surface area contributed by atoms with Gasteiger partial charge in [0.1, 0.15) is 5.75 Å². The Morgan fingerprint density at radius 3 is 2.43 bits per heavy atom. The SMILES string of the molecule is COc1ccc(C(C)=O)cc1CN1C(=O)CC(C)CC1=O. The van der Waals surface area contributed by atoms with Crippen LogP contribution in [0.1, 0.15) is 42.6 Å². The molecule has 5 heteroatoms. The molecule has 112 valence electrons. The number of likely N-dealkylation sites (tertiary alicyclic amines) is 1. The standard InChI is InChI=1S/C16H19NO4/c1-10-6-15(19)17(16(20)7-10)9-13-8-12(11(2)18)4-5-14(13)21-3/h4-5,8,10H,6-7,9H2,1-3H3. The first-order chi connectivity index (χ1) is 9.92. The van der Waals surface area contributed by atoms with Gasteiger partial charge in [-0.05, 0) is 31.0 Å². The van der Waals surface area contributed by atoms with Crippen molar-refractivity contribution in [3.05, 3.63) is 29.3 Å². The van der Waals surface area contributed by atoms with Gasteiger partial charge in [-0.2, -0.15) is 0 Å². The Kier molecular flexibility index (Phi) is 4.40. The molecule has 0 bridgehead atoms. The van der Waals surface area contributed by atoms with E-state index in [9.17, 15) is 14.4 Å². The van der Waals surface area contributed by atoms with Crippen molar-refractivity contribution >= 4 is 17.6 Å². The lowest BCUT2D eigenvalue weighted by atomic mass is 9.97. The van der Waals surface area contributed by atoms with Gasteiger partial charge in [0.05, 0.1) is 13.7 Å². The molecule has 0 aromatic heterocycles. The maximum Gasteiger partial charge on any atom is 0.229 e. The summed E-state index contributed by atoms with van der Waals surface area (Å²) in [5, 5.41) is 0. The van der Waals surface area contributed by atoms with Gasteiger partial charge in [0, 0.05) is 24.0 Å². The molecule has 1 saturated heterocycles. The summed E-state index contributed by atoms with van der Waals surface area (Å²) >= 11 is 0.